The predicted molar refractivity (Wildman–Crippen MR) is 86.1 cm³/mol. The average molecular weight is 338 g/mol. The highest BCUT2D eigenvalue weighted by Crippen LogP contribution is 2.30. The fourth-order valence-electron chi connectivity index (χ4n) is 1.73. The molecule has 0 aliphatic rings. The second-order valence-electron chi connectivity index (χ2n) is 4.83. The summed E-state index contributed by atoms with van der Waals surface area (Å²) in [7, 11) is 0. The highest BCUT2D eigenvalue weighted by molar-refractivity contribution is 8.00. The molecule has 3 aromatic rings. The van der Waals surface area contributed by atoms with Gasteiger partial charge in [-0.05, 0) is 40.7 Å². The lowest BCUT2D eigenvalue weighted by molar-refractivity contribution is 0.625. The van der Waals surface area contributed by atoms with Crippen molar-refractivity contribution in [3.63, 3.8) is 0 Å². The second kappa shape index (κ2) is 6.12. The Hall–Kier alpha value is -1.45. The van der Waals surface area contributed by atoms with E-state index in [-0.39, 0.29) is 0 Å². The highest BCUT2D eigenvalue weighted by Gasteiger charge is 2.16. The monoisotopic (exact) mass is 338 g/mol. The van der Waals surface area contributed by atoms with Crippen LogP contribution in [-0.2, 0) is 6.42 Å². The minimum Gasteiger partial charge on any atom is -0.335 e. The SMILES string of the molecule is CC(C)Cc1nsc(Sc2nnc(-c3cccs3)n2N)n1. The van der Waals surface area contributed by atoms with E-state index in [1.54, 1.807) is 11.3 Å². The Morgan fingerprint density at radius 3 is 2.95 bits per heavy atom. The topological polar surface area (TPSA) is 82.5 Å². The molecule has 0 fully saturated rings. The Morgan fingerprint density at radius 1 is 1.38 bits per heavy atom. The molecule has 0 atom stereocenters. The number of nitrogens with two attached hydrogens (primary N) is 1. The molecule has 2 N–H and O–H groups in total. The second-order valence-corrected chi connectivity index (χ2v) is 7.74. The third kappa shape index (κ3) is 3.25. The smallest absolute Gasteiger partial charge is 0.217 e. The predicted octanol–water partition coefficient (Wildman–Crippen LogP) is 2.92. The van der Waals surface area contributed by atoms with E-state index in [0.717, 1.165) is 21.5 Å². The molecule has 21 heavy (non-hydrogen) atoms. The number of thiophene rings is 1. The largest absolute Gasteiger partial charge is 0.335 e. The van der Waals surface area contributed by atoms with Gasteiger partial charge in [-0.25, -0.2) is 9.66 Å². The number of rotatable bonds is 5. The lowest BCUT2D eigenvalue weighted by atomic mass is 10.1. The lowest BCUT2D eigenvalue weighted by Gasteiger charge is -2.00. The van der Waals surface area contributed by atoms with Crippen LogP contribution in [0.3, 0.4) is 0 Å². The molecule has 3 aromatic heterocycles. The molecule has 0 aliphatic heterocycles. The van der Waals surface area contributed by atoms with Crippen LogP contribution in [0.15, 0.2) is 27.0 Å². The van der Waals surface area contributed by atoms with E-state index < -0.39 is 0 Å². The molecule has 0 amide bonds. The van der Waals surface area contributed by atoms with Crippen LogP contribution in [0.1, 0.15) is 19.7 Å². The zero-order valence-corrected chi connectivity index (χ0v) is 14.0. The van der Waals surface area contributed by atoms with E-state index in [1.165, 1.54) is 28.0 Å². The molecule has 3 heterocycles. The van der Waals surface area contributed by atoms with Gasteiger partial charge in [0, 0.05) is 6.42 Å². The number of hydrogen-bond acceptors (Lipinski definition) is 8. The van der Waals surface area contributed by atoms with E-state index in [2.05, 4.69) is 33.4 Å². The summed E-state index contributed by atoms with van der Waals surface area (Å²) in [6, 6.07) is 3.93. The van der Waals surface area contributed by atoms with Gasteiger partial charge >= 0.3 is 0 Å². The third-order valence-electron chi connectivity index (χ3n) is 2.62. The zero-order chi connectivity index (χ0) is 14.8. The van der Waals surface area contributed by atoms with Crippen molar-refractivity contribution < 1.29 is 0 Å². The van der Waals surface area contributed by atoms with Crippen LogP contribution in [0.2, 0.25) is 0 Å². The van der Waals surface area contributed by atoms with Gasteiger partial charge in [0.1, 0.15) is 5.82 Å². The number of nitrogens with zero attached hydrogens (tertiary/aromatic N) is 5. The molecule has 0 saturated carbocycles. The summed E-state index contributed by atoms with van der Waals surface area (Å²) in [5.74, 6) is 8.15. The maximum Gasteiger partial charge on any atom is 0.217 e. The summed E-state index contributed by atoms with van der Waals surface area (Å²) in [6.07, 6.45) is 0.882. The summed E-state index contributed by atoms with van der Waals surface area (Å²) < 4.78 is 6.69. The first kappa shape index (κ1) is 14.5. The molecule has 110 valence electrons. The molecule has 0 radical (unpaired) electrons. The van der Waals surface area contributed by atoms with Gasteiger partial charge in [0.05, 0.1) is 4.88 Å². The molecule has 0 aromatic carbocycles. The van der Waals surface area contributed by atoms with Crippen molar-refractivity contribution >= 4 is 34.6 Å². The van der Waals surface area contributed by atoms with Gasteiger partial charge in [0.25, 0.3) is 0 Å². The van der Waals surface area contributed by atoms with Gasteiger partial charge in [0.15, 0.2) is 10.2 Å². The minimum absolute atomic E-state index is 0.543. The molecule has 0 spiro atoms. The van der Waals surface area contributed by atoms with Gasteiger partial charge in [0.2, 0.25) is 5.16 Å². The van der Waals surface area contributed by atoms with Crippen molar-refractivity contribution in [2.75, 3.05) is 5.84 Å². The summed E-state index contributed by atoms with van der Waals surface area (Å²) in [5, 5.41) is 10.9. The van der Waals surface area contributed by atoms with Crippen LogP contribution in [-0.4, -0.2) is 24.2 Å². The van der Waals surface area contributed by atoms with Gasteiger partial charge < -0.3 is 5.84 Å². The Balaban J connectivity index is 1.78. The summed E-state index contributed by atoms with van der Waals surface area (Å²) in [6.45, 7) is 4.30. The van der Waals surface area contributed by atoms with Gasteiger partial charge in [-0.2, -0.15) is 4.37 Å². The maximum atomic E-state index is 6.06. The molecule has 0 aliphatic carbocycles. The summed E-state index contributed by atoms with van der Waals surface area (Å²) >= 11 is 4.35. The van der Waals surface area contributed by atoms with Crippen molar-refractivity contribution in [2.24, 2.45) is 5.92 Å². The molecule has 6 nitrogen and oxygen atoms in total. The third-order valence-corrected chi connectivity index (χ3v) is 5.24. The summed E-state index contributed by atoms with van der Waals surface area (Å²) in [4.78, 5) is 5.49. The Morgan fingerprint density at radius 2 is 2.24 bits per heavy atom. The van der Waals surface area contributed by atoms with Crippen LogP contribution in [0, 0.1) is 5.92 Å². The zero-order valence-electron chi connectivity index (χ0n) is 11.6. The van der Waals surface area contributed by atoms with Crippen molar-refractivity contribution in [3.8, 4) is 10.7 Å². The van der Waals surface area contributed by atoms with E-state index in [9.17, 15) is 0 Å². The Bertz CT molecular complexity index is 715. The molecular formula is C12H14N6S3. The van der Waals surface area contributed by atoms with E-state index in [1.807, 2.05) is 17.5 Å². The number of hydrogen-bond donors (Lipinski definition) is 1. The average Bonchev–Trinajstić information content (AvgIpc) is 3.13. The Kier molecular flexibility index (Phi) is 4.22. The highest BCUT2D eigenvalue weighted by atomic mass is 32.2. The van der Waals surface area contributed by atoms with Crippen LogP contribution in [0.4, 0.5) is 0 Å². The van der Waals surface area contributed by atoms with Crippen LogP contribution in [0.25, 0.3) is 10.7 Å². The van der Waals surface area contributed by atoms with Crippen molar-refractivity contribution in [2.45, 2.75) is 29.8 Å². The normalized spacial score (nSPS) is 11.4. The van der Waals surface area contributed by atoms with Crippen molar-refractivity contribution in [1.82, 2.24) is 24.2 Å². The molecule has 0 bridgehead atoms. The van der Waals surface area contributed by atoms with Crippen LogP contribution in [0.5, 0.6) is 0 Å². The number of nitrogen functional groups attached to an aromatic ring is 1. The molecule has 9 heteroatoms. The van der Waals surface area contributed by atoms with Gasteiger partial charge in [-0.1, -0.05) is 19.9 Å². The standard InChI is InChI=1S/C12H14N6S3/c1-7(2)6-9-14-12(21-17-9)20-11-16-15-10(18(11)13)8-4-3-5-19-8/h3-5,7H,6,13H2,1-2H3. The fraction of sp³-hybridized carbons (Fsp3) is 0.333. The van der Waals surface area contributed by atoms with Crippen LogP contribution >= 0.6 is 34.6 Å². The minimum atomic E-state index is 0.543. The fourth-order valence-corrected chi connectivity index (χ4v) is 3.93. The number of aromatic nitrogens is 5. The van der Waals surface area contributed by atoms with Crippen molar-refractivity contribution in [1.29, 1.82) is 0 Å². The quantitative estimate of drug-likeness (QED) is 0.720. The van der Waals surface area contributed by atoms with Crippen LogP contribution < -0.4 is 5.84 Å². The molecular weight excluding hydrogens is 324 g/mol. The Labute approximate surface area is 134 Å². The molecule has 0 saturated heterocycles. The van der Waals surface area contributed by atoms with E-state index >= 15 is 0 Å². The summed E-state index contributed by atoms with van der Waals surface area (Å²) in [5.41, 5.74) is 0. The molecule has 3 rings (SSSR count). The van der Waals surface area contributed by atoms with Gasteiger partial charge in [-0.15, -0.1) is 21.5 Å². The van der Waals surface area contributed by atoms with Gasteiger partial charge in [-0.3, -0.25) is 0 Å². The lowest BCUT2D eigenvalue weighted by Crippen LogP contribution is -2.10. The van der Waals surface area contributed by atoms with E-state index in [0.29, 0.717) is 16.9 Å². The van der Waals surface area contributed by atoms with Crippen molar-refractivity contribution in [3.05, 3.63) is 23.3 Å². The maximum absolute atomic E-state index is 6.06. The first-order valence-corrected chi connectivity index (χ1v) is 8.85. The first-order chi connectivity index (χ1) is 10.1. The first-order valence-electron chi connectivity index (χ1n) is 6.38. The van der Waals surface area contributed by atoms with E-state index in [4.69, 9.17) is 5.84 Å². The molecule has 0 unspecified atom stereocenters.